The average molecular weight is 830 g/mol. The summed E-state index contributed by atoms with van der Waals surface area (Å²) in [5, 5.41) is 10.6. The topological polar surface area (TPSA) is 3.24 Å². The molecule has 0 unspecified atom stereocenters. The van der Waals surface area contributed by atoms with Gasteiger partial charge in [-0.15, -0.1) is 0 Å². The predicted octanol–water partition coefficient (Wildman–Crippen LogP) is 13.8. The van der Waals surface area contributed by atoms with Gasteiger partial charge in [0.2, 0.25) is 0 Å². The third kappa shape index (κ3) is 6.22. The monoisotopic (exact) mass is 829 g/mol. The minimum absolute atomic E-state index is 1.11. The first kappa shape index (κ1) is 37.7. The van der Waals surface area contributed by atoms with Crippen molar-refractivity contribution in [3.8, 4) is 44.5 Å². The maximum Gasteiger partial charge on any atom is 0.183 e. The highest BCUT2D eigenvalue weighted by atomic mass is 28.3. The smallest absolute Gasteiger partial charge is 0.183 e. The van der Waals surface area contributed by atoms with Crippen LogP contribution < -0.4 is 25.6 Å². The molecule has 12 rings (SSSR count). The highest BCUT2D eigenvalue weighted by molar-refractivity contribution is 7.23. The molecule has 1 aliphatic rings. The van der Waals surface area contributed by atoms with E-state index in [2.05, 4.69) is 266 Å². The Balaban J connectivity index is 1.20. The third-order valence-corrected chi connectivity index (χ3v) is 18.2. The predicted molar refractivity (Wildman–Crippen MR) is 275 cm³/mol. The van der Waals surface area contributed by atoms with Crippen molar-refractivity contribution in [2.45, 2.75) is 0 Å². The van der Waals surface area contributed by atoms with E-state index >= 15 is 0 Å². The van der Waals surface area contributed by atoms with Gasteiger partial charge in [0.15, 0.2) is 8.07 Å². The Hall–Kier alpha value is -8.04. The number of fused-ring (bicyclic) bond motifs is 5. The van der Waals surface area contributed by atoms with Crippen LogP contribution >= 0.6 is 0 Å². The second kappa shape index (κ2) is 15.7. The minimum atomic E-state index is -3.10. The van der Waals surface area contributed by atoms with Crippen molar-refractivity contribution in [2.24, 2.45) is 0 Å². The van der Waals surface area contributed by atoms with Crippen LogP contribution in [0.15, 0.2) is 261 Å². The molecule has 0 spiro atoms. The second-order valence-corrected chi connectivity index (χ2v) is 20.5. The molecule has 1 nitrogen and oxygen atoms in total. The van der Waals surface area contributed by atoms with Gasteiger partial charge in [-0.3, -0.25) is 0 Å². The molecule has 1 heterocycles. The first-order chi connectivity index (χ1) is 31.7. The fourth-order valence-corrected chi connectivity index (χ4v) is 15.8. The van der Waals surface area contributed by atoms with Crippen LogP contribution in [0.5, 0.6) is 0 Å². The summed E-state index contributed by atoms with van der Waals surface area (Å²) in [6.07, 6.45) is 0. The highest BCUT2D eigenvalue weighted by Crippen LogP contribution is 2.45. The minimum Gasteiger partial charge on any atom is -0.310 e. The lowest BCUT2D eigenvalue weighted by molar-refractivity contribution is 1.29. The van der Waals surface area contributed by atoms with Gasteiger partial charge < -0.3 is 4.90 Å². The summed E-state index contributed by atoms with van der Waals surface area (Å²) in [7, 11) is -3.10. The summed E-state index contributed by atoms with van der Waals surface area (Å²) in [6.45, 7) is 0. The largest absolute Gasteiger partial charge is 0.310 e. The quantitative estimate of drug-likeness (QED) is 0.138. The van der Waals surface area contributed by atoms with Crippen LogP contribution in [0.4, 0.5) is 17.1 Å². The number of hydrogen-bond acceptors (Lipinski definition) is 1. The van der Waals surface area contributed by atoms with Gasteiger partial charge in [-0.2, -0.15) is 0 Å². The first-order valence-electron chi connectivity index (χ1n) is 22.2. The van der Waals surface area contributed by atoms with Crippen LogP contribution in [0, 0.1) is 0 Å². The standard InChI is InChI=1S/C62H43NSi/c1-4-17-44(18-5-1)48-31-36-53(37-32-48)63(59-40-35-52(45-19-6-2-7-20-45)43-58(59)49-23-8-3-9-24-49)60-29-16-28-57-56-27-14-15-30-61(56)64(62(57)60,54-38-33-46-21-10-12-25-50(46)41-54)55-39-34-47-22-11-13-26-51(47)42-55/h1-43H. The van der Waals surface area contributed by atoms with Gasteiger partial charge in [-0.25, -0.2) is 0 Å². The molecule has 300 valence electrons. The lowest BCUT2D eigenvalue weighted by atomic mass is 9.95. The van der Waals surface area contributed by atoms with E-state index in [0.717, 1.165) is 11.4 Å². The van der Waals surface area contributed by atoms with E-state index in [1.165, 1.54) is 92.5 Å². The fourth-order valence-electron chi connectivity index (χ4n) is 10.4. The Morgan fingerprint density at radius 3 is 1.38 bits per heavy atom. The molecule has 11 aromatic rings. The molecule has 0 fully saturated rings. The van der Waals surface area contributed by atoms with E-state index in [1.807, 2.05) is 0 Å². The Morgan fingerprint density at radius 1 is 0.266 bits per heavy atom. The summed E-state index contributed by atoms with van der Waals surface area (Å²) in [4.78, 5) is 2.57. The fraction of sp³-hybridized carbons (Fsp3) is 0. The average Bonchev–Trinajstić information content (AvgIpc) is 3.69. The number of benzene rings is 11. The zero-order valence-electron chi connectivity index (χ0n) is 35.3. The molecule has 0 bridgehead atoms. The van der Waals surface area contributed by atoms with Crippen LogP contribution in [-0.4, -0.2) is 8.07 Å². The maximum atomic E-state index is 2.57. The van der Waals surface area contributed by atoms with Crippen LogP contribution in [0.2, 0.25) is 0 Å². The van der Waals surface area contributed by atoms with Crippen LogP contribution in [0.25, 0.3) is 66.1 Å². The third-order valence-electron chi connectivity index (χ3n) is 13.3. The Kier molecular flexibility index (Phi) is 9.25. The Labute approximate surface area is 375 Å². The number of hydrogen-bond donors (Lipinski definition) is 0. The Bertz CT molecular complexity index is 3410. The van der Waals surface area contributed by atoms with Gasteiger partial charge in [-0.05, 0) is 112 Å². The van der Waals surface area contributed by atoms with Crippen molar-refractivity contribution >= 4 is 67.4 Å². The molecule has 0 atom stereocenters. The SMILES string of the molecule is c1ccc(-c2ccc(N(c3ccc(-c4ccccc4)cc3-c3ccccc3)c3cccc4c3[Si](c3ccc5ccccc5c3)(c3ccc5ccccc5c3)c3ccccc3-4)cc2)cc1. The highest BCUT2D eigenvalue weighted by Gasteiger charge is 2.51. The normalized spacial score (nSPS) is 12.5. The van der Waals surface area contributed by atoms with E-state index in [4.69, 9.17) is 0 Å². The lowest BCUT2D eigenvalue weighted by Gasteiger charge is -2.37. The van der Waals surface area contributed by atoms with Crippen molar-refractivity contribution in [1.82, 2.24) is 0 Å². The first-order valence-corrected chi connectivity index (χ1v) is 24.2. The van der Waals surface area contributed by atoms with Crippen LogP contribution in [-0.2, 0) is 0 Å². The van der Waals surface area contributed by atoms with Crippen LogP contribution in [0.3, 0.4) is 0 Å². The summed E-state index contributed by atoms with van der Waals surface area (Å²) in [6, 6.07) is 97.1. The molecular formula is C62H43NSi. The van der Waals surface area contributed by atoms with Gasteiger partial charge in [0.05, 0.1) is 5.69 Å². The molecule has 0 radical (unpaired) electrons. The molecule has 64 heavy (non-hydrogen) atoms. The van der Waals surface area contributed by atoms with Crippen molar-refractivity contribution in [2.75, 3.05) is 4.90 Å². The lowest BCUT2D eigenvalue weighted by Crippen LogP contribution is -2.73. The maximum absolute atomic E-state index is 3.10. The number of nitrogens with zero attached hydrogens (tertiary/aromatic N) is 1. The molecule has 0 aliphatic carbocycles. The van der Waals surface area contributed by atoms with E-state index < -0.39 is 8.07 Å². The van der Waals surface area contributed by atoms with Gasteiger partial charge in [0.25, 0.3) is 0 Å². The van der Waals surface area contributed by atoms with Gasteiger partial charge in [0, 0.05) is 16.9 Å². The number of rotatable bonds is 8. The summed E-state index contributed by atoms with van der Waals surface area (Å²) >= 11 is 0. The zero-order chi connectivity index (χ0) is 42.5. The molecule has 0 N–H and O–H groups in total. The Morgan fingerprint density at radius 2 is 0.750 bits per heavy atom. The van der Waals surface area contributed by atoms with E-state index in [1.54, 1.807) is 0 Å². The number of anilines is 3. The van der Waals surface area contributed by atoms with E-state index in [9.17, 15) is 0 Å². The molecule has 11 aromatic carbocycles. The molecule has 0 amide bonds. The molecule has 0 saturated carbocycles. The van der Waals surface area contributed by atoms with Gasteiger partial charge in [0.1, 0.15) is 0 Å². The van der Waals surface area contributed by atoms with Crippen molar-refractivity contribution in [1.29, 1.82) is 0 Å². The van der Waals surface area contributed by atoms with Gasteiger partial charge >= 0.3 is 0 Å². The molecular weight excluding hydrogens is 787 g/mol. The summed E-state index contributed by atoms with van der Waals surface area (Å²) < 4.78 is 0. The molecule has 0 aromatic heterocycles. The van der Waals surface area contributed by atoms with Crippen molar-refractivity contribution < 1.29 is 0 Å². The van der Waals surface area contributed by atoms with Crippen molar-refractivity contribution in [3.63, 3.8) is 0 Å². The van der Waals surface area contributed by atoms with Gasteiger partial charge in [-0.1, -0.05) is 231 Å². The summed E-state index contributed by atoms with van der Waals surface area (Å²) in [5.41, 5.74) is 13.2. The zero-order valence-corrected chi connectivity index (χ0v) is 36.3. The molecule has 1 aliphatic heterocycles. The van der Waals surface area contributed by atoms with E-state index in [0.29, 0.717) is 0 Å². The molecule has 2 heteroatoms. The van der Waals surface area contributed by atoms with Crippen LogP contribution in [0.1, 0.15) is 0 Å². The second-order valence-electron chi connectivity index (χ2n) is 16.8. The van der Waals surface area contributed by atoms with E-state index in [-0.39, 0.29) is 0 Å². The van der Waals surface area contributed by atoms with Crippen molar-refractivity contribution in [3.05, 3.63) is 261 Å². The summed E-state index contributed by atoms with van der Waals surface area (Å²) in [5.74, 6) is 0. The molecule has 0 saturated heterocycles.